The van der Waals surface area contributed by atoms with Gasteiger partial charge in [0.2, 0.25) is 5.78 Å². The summed E-state index contributed by atoms with van der Waals surface area (Å²) in [6, 6.07) is 21.7. The number of aromatic carboxylic acids is 1. The maximum atomic E-state index is 14.0. The molecule has 1 amide bonds. The lowest BCUT2D eigenvalue weighted by atomic mass is 9.94. The number of nitrogens with zero attached hydrogens (tertiary/aromatic N) is 2. The van der Waals surface area contributed by atoms with Gasteiger partial charge in [-0.25, -0.2) is 9.78 Å². The number of thiazole rings is 1. The lowest BCUT2D eigenvalue weighted by Gasteiger charge is -2.27. The lowest BCUT2D eigenvalue weighted by molar-refractivity contribution is -0.130. The number of rotatable bonds is 8. The van der Waals surface area contributed by atoms with Crippen LogP contribution in [0, 0.1) is 6.92 Å². The molecular formula is C30H24N2O6S. The number of aryl methyl sites for hydroxylation is 1. The van der Waals surface area contributed by atoms with Gasteiger partial charge >= 0.3 is 5.97 Å². The summed E-state index contributed by atoms with van der Waals surface area (Å²) >= 11 is 1.21. The third-order valence-corrected chi connectivity index (χ3v) is 7.74. The van der Waals surface area contributed by atoms with Crippen molar-refractivity contribution in [3.63, 3.8) is 0 Å². The van der Waals surface area contributed by atoms with Gasteiger partial charge in [-0.2, -0.15) is 0 Å². The number of carbonyl (C=O) groups excluding carboxylic acids is 2. The topological polar surface area (TPSA) is 117 Å². The average Bonchev–Trinajstić information content (AvgIpc) is 3.46. The van der Waals surface area contributed by atoms with E-state index in [0.29, 0.717) is 32.5 Å². The molecule has 1 atom stereocenters. The van der Waals surface area contributed by atoms with Crippen LogP contribution in [0.3, 0.4) is 0 Å². The minimum absolute atomic E-state index is 0.0400. The maximum Gasteiger partial charge on any atom is 0.335 e. The van der Waals surface area contributed by atoms with Crippen LogP contribution < -0.4 is 4.74 Å². The molecule has 0 spiro atoms. The van der Waals surface area contributed by atoms with E-state index in [2.05, 4.69) is 4.98 Å². The molecule has 39 heavy (non-hydrogen) atoms. The normalized spacial score (nSPS) is 15.1. The lowest BCUT2D eigenvalue weighted by Crippen LogP contribution is -2.30. The molecule has 0 bridgehead atoms. The van der Waals surface area contributed by atoms with E-state index < -0.39 is 29.5 Å². The van der Waals surface area contributed by atoms with Gasteiger partial charge in [0, 0.05) is 12.1 Å². The number of hydrogen-bond acceptors (Lipinski definition) is 7. The average molecular weight is 541 g/mol. The number of aliphatic hydroxyl groups excluding tert-OH is 1. The van der Waals surface area contributed by atoms with Crippen molar-refractivity contribution >= 4 is 29.0 Å². The van der Waals surface area contributed by atoms with Gasteiger partial charge in [0.25, 0.3) is 5.91 Å². The second-order valence-corrected chi connectivity index (χ2v) is 10.0. The molecule has 0 saturated heterocycles. The number of carboxylic acids is 1. The van der Waals surface area contributed by atoms with E-state index in [4.69, 9.17) is 4.74 Å². The van der Waals surface area contributed by atoms with Crippen molar-refractivity contribution in [2.75, 3.05) is 7.11 Å². The molecule has 9 heteroatoms. The summed E-state index contributed by atoms with van der Waals surface area (Å²) in [7, 11) is 1.52. The zero-order chi connectivity index (χ0) is 27.7. The monoisotopic (exact) mass is 540 g/mol. The third-order valence-electron chi connectivity index (χ3n) is 6.54. The predicted molar refractivity (Wildman–Crippen MR) is 146 cm³/mol. The van der Waals surface area contributed by atoms with Crippen LogP contribution in [0.4, 0.5) is 0 Å². The van der Waals surface area contributed by atoms with Crippen molar-refractivity contribution in [3.05, 3.63) is 117 Å². The van der Waals surface area contributed by atoms with Crippen LogP contribution in [0.2, 0.25) is 0 Å². The fourth-order valence-electron chi connectivity index (χ4n) is 4.59. The maximum absolute atomic E-state index is 14.0. The molecule has 8 nitrogen and oxygen atoms in total. The zero-order valence-electron chi connectivity index (χ0n) is 21.1. The number of ether oxygens (including phenoxy) is 1. The first-order valence-corrected chi connectivity index (χ1v) is 12.9. The highest BCUT2D eigenvalue weighted by atomic mass is 32.1. The van der Waals surface area contributed by atoms with E-state index in [0.717, 1.165) is 5.56 Å². The van der Waals surface area contributed by atoms with Gasteiger partial charge in [-0.1, -0.05) is 54.6 Å². The second kappa shape index (κ2) is 10.5. The molecule has 1 aromatic heterocycles. The Morgan fingerprint density at radius 1 is 1.03 bits per heavy atom. The van der Waals surface area contributed by atoms with E-state index in [1.54, 1.807) is 43.3 Å². The largest absolute Gasteiger partial charge is 0.503 e. The summed E-state index contributed by atoms with van der Waals surface area (Å²) in [4.78, 5) is 45.0. The number of Topliss-reactive ketones (excluding diaryl/α,β-unsaturated/α-hetero) is 1. The van der Waals surface area contributed by atoms with Gasteiger partial charge in [0.1, 0.15) is 10.8 Å². The SMILES string of the molecule is COc1cccc(C2C(C(=O)c3sc(-c4ccccc4)nc3C)=C(O)C(=O)N2Cc2ccc(C(=O)O)cc2)c1. The van der Waals surface area contributed by atoms with Crippen LogP contribution in [0.1, 0.15) is 42.9 Å². The molecule has 2 heterocycles. The minimum Gasteiger partial charge on any atom is -0.503 e. The fourth-order valence-corrected chi connectivity index (χ4v) is 5.62. The number of amides is 1. The number of aliphatic hydroxyl groups is 1. The van der Waals surface area contributed by atoms with Crippen LogP contribution in [0.15, 0.2) is 90.2 Å². The summed E-state index contributed by atoms with van der Waals surface area (Å²) < 4.78 is 5.38. The van der Waals surface area contributed by atoms with Crippen molar-refractivity contribution in [3.8, 4) is 16.3 Å². The Morgan fingerprint density at radius 3 is 2.41 bits per heavy atom. The van der Waals surface area contributed by atoms with Gasteiger partial charge in [-0.3, -0.25) is 9.59 Å². The van der Waals surface area contributed by atoms with E-state index >= 15 is 0 Å². The standard InChI is InChI=1S/C30H24N2O6S/c1-17-27(39-28(31-17)19-7-4-3-5-8-19)25(33)23-24(21-9-6-10-22(15-21)38-2)32(29(35)26(23)34)16-18-11-13-20(14-12-18)30(36)37/h3-15,24,34H,16H2,1-2H3,(H,36,37). The second-order valence-electron chi connectivity index (χ2n) is 9.01. The number of benzene rings is 3. The van der Waals surface area contributed by atoms with E-state index in [-0.39, 0.29) is 17.7 Å². The van der Waals surface area contributed by atoms with Gasteiger partial charge in [0.05, 0.1) is 34.9 Å². The molecule has 4 aromatic rings. The minimum atomic E-state index is -1.06. The number of methoxy groups -OCH3 is 1. The van der Waals surface area contributed by atoms with Gasteiger partial charge in [-0.15, -0.1) is 11.3 Å². The van der Waals surface area contributed by atoms with Crippen LogP contribution in [-0.2, 0) is 11.3 Å². The van der Waals surface area contributed by atoms with E-state index in [9.17, 15) is 24.6 Å². The highest BCUT2D eigenvalue weighted by molar-refractivity contribution is 7.17. The van der Waals surface area contributed by atoms with Crippen molar-refractivity contribution in [1.82, 2.24) is 9.88 Å². The molecule has 1 aliphatic heterocycles. The van der Waals surface area contributed by atoms with Crippen molar-refractivity contribution < 1.29 is 29.3 Å². The van der Waals surface area contributed by atoms with Crippen molar-refractivity contribution in [1.29, 1.82) is 0 Å². The third kappa shape index (κ3) is 4.92. The molecule has 1 aliphatic rings. The Morgan fingerprint density at radius 2 is 1.74 bits per heavy atom. The quantitative estimate of drug-likeness (QED) is 0.279. The fraction of sp³-hybridized carbons (Fsp3) is 0.133. The molecule has 0 radical (unpaired) electrons. The summed E-state index contributed by atoms with van der Waals surface area (Å²) in [6.07, 6.45) is 0. The van der Waals surface area contributed by atoms with E-state index in [1.807, 2.05) is 30.3 Å². The first-order chi connectivity index (χ1) is 18.8. The number of carboxylic acid groups (broad SMARTS) is 1. The molecule has 5 rings (SSSR count). The van der Waals surface area contributed by atoms with Gasteiger partial charge < -0.3 is 19.8 Å². The summed E-state index contributed by atoms with van der Waals surface area (Å²) in [5.74, 6) is -2.32. The van der Waals surface area contributed by atoms with Crippen molar-refractivity contribution in [2.45, 2.75) is 19.5 Å². The van der Waals surface area contributed by atoms with E-state index in [1.165, 1.54) is 35.5 Å². The Labute approximate surface area is 228 Å². The molecular weight excluding hydrogens is 516 g/mol. The first kappa shape index (κ1) is 25.9. The molecule has 2 N–H and O–H groups in total. The predicted octanol–water partition coefficient (Wildman–Crippen LogP) is 5.60. The Bertz CT molecular complexity index is 1610. The van der Waals surface area contributed by atoms with Gasteiger partial charge in [0.15, 0.2) is 5.76 Å². The molecule has 0 fully saturated rings. The molecule has 0 saturated carbocycles. The highest BCUT2D eigenvalue weighted by Gasteiger charge is 2.44. The zero-order valence-corrected chi connectivity index (χ0v) is 21.9. The first-order valence-electron chi connectivity index (χ1n) is 12.1. The van der Waals surface area contributed by atoms with Crippen molar-refractivity contribution in [2.24, 2.45) is 0 Å². The number of hydrogen-bond donors (Lipinski definition) is 2. The Kier molecular flexibility index (Phi) is 7.00. The Balaban J connectivity index is 1.57. The summed E-state index contributed by atoms with van der Waals surface area (Å²) in [5, 5.41) is 21.0. The van der Waals surface area contributed by atoms with Crippen LogP contribution in [0.25, 0.3) is 10.6 Å². The number of ketones is 1. The molecule has 0 aliphatic carbocycles. The molecule has 196 valence electrons. The van der Waals surface area contributed by atoms with Crippen LogP contribution in [0.5, 0.6) is 5.75 Å². The molecule has 1 unspecified atom stereocenters. The molecule has 3 aromatic carbocycles. The number of aromatic nitrogens is 1. The summed E-state index contributed by atoms with van der Waals surface area (Å²) in [5.41, 5.74) is 2.67. The number of carbonyl (C=O) groups is 3. The Hall–Kier alpha value is -4.76. The summed E-state index contributed by atoms with van der Waals surface area (Å²) in [6.45, 7) is 1.77. The smallest absolute Gasteiger partial charge is 0.335 e. The van der Waals surface area contributed by atoms with Crippen LogP contribution >= 0.6 is 11.3 Å². The highest BCUT2D eigenvalue weighted by Crippen LogP contribution is 2.42. The van der Waals surface area contributed by atoms with Crippen LogP contribution in [-0.4, -0.2) is 44.9 Å². The van der Waals surface area contributed by atoms with Gasteiger partial charge in [-0.05, 0) is 42.3 Å².